The minimum Gasteiger partial charge on any atom is -0.493 e. The number of amides is 2. The van der Waals surface area contributed by atoms with E-state index < -0.39 is 0 Å². The first-order valence-electron chi connectivity index (χ1n) is 11.9. The maximum Gasteiger partial charge on any atom is 0.230 e. The van der Waals surface area contributed by atoms with Crippen molar-refractivity contribution in [2.75, 3.05) is 18.5 Å². The Kier molecular flexibility index (Phi) is 7.30. The van der Waals surface area contributed by atoms with Gasteiger partial charge < -0.3 is 15.4 Å². The van der Waals surface area contributed by atoms with E-state index in [-0.39, 0.29) is 24.2 Å². The van der Waals surface area contributed by atoms with Gasteiger partial charge in [0.05, 0.1) is 23.9 Å². The fourth-order valence-corrected chi connectivity index (χ4v) is 4.01. The van der Waals surface area contributed by atoms with E-state index in [4.69, 9.17) is 9.84 Å². The van der Waals surface area contributed by atoms with E-state index in [0.29, 0.717) is 24.9 Å². The van der Waals surface area contributed by atoms with Crippen molar-refractivity contribution in [1.29, 1.82) is 0 Å². The van der Waals surface area contributed by atoms with E-state index in [0.717, 1.165) is 35.5 Å². The topological polar surface area (TPSA) is 85.3 Å². The minimum atomic E-state index is -0.387. The van der Waals surface area contributed by atoms with Crippen molar-refractivity contribution in [3.8, 4) is 22.7 Å². The molecular weight excluding hydrogens is 428 g/mol. The Bertz CT molecular complexity index is 1170. The molecule has 2 N–H and O–H groups in total. The lowest BCUT2D eigenvalue weighted by atomic mass is 10.0. The zero-order valence-electron chi connectivity index (χ0n) is 20.0. The van der Waals surface area contributed by atoms with Gasteiger partial charge in [-0.05, 0) is 36.1 Å². The van der Waals surface area contributed by atoms with Crippen molar-refractivity contribution < 1.29 is 14.3 Å². The number of benzene rings is 2. The van der Waals surface area contributed by atoms with Gasteiger partial charge in [-0.25, -0.2) is 4.68 Å². The Morgan fingerprint density at radius 1 is 1.21 bits per heavy atom. The second-order valence-corrected chi connectivity index (χ2v) is 9.17. The van der Waals surface area contributed by atoms with Crippen LogP contribution >= 0.6 is 0 Å². The molecular formula is C27H32N4O3. The Morgan fingerprint density at radius 2 is 2.03 bits per heavy atom. The van der Waals surface area contributed by atoms with Crippen LogP contribution in [-0.4, -0.2) is 34.7 Å². The van der Waals surface area contributed by atoms with Crippen LogP contribution < -0.4 is 15.4 Å². The maximum absolute atomic E-state index is 12.7. The average Bonchev–Trinajstić information content (AvgIpc) is 3.45. The fraction of sp³-hybridized carbons (Fsp3) is 0.370. The van der Waals surface area contributed by atoms with Crippen LogP contribution in [0.2, 0.25) is 0 Å². The van der Waals surface area contributed by atoms with Crippen LogP contribution in [0.15, 0.2) is 54.6 Å². The molecule has 34 heavy (non-hydrogen) atoms. The number of hydrogen-bond acceptors (Lipinski definition) is 4. The molecule has 0 radical (unpaired) electrons. The number of ether oxygens (including phenoxy) is 1. The van der Waals surface area contributed by atoms with Crippen LogP contribution in [0.5, 0.6) is 5.75 Å². The molecule has 2 heterocycles. The predicted molar refractivity (Wildman–Crippen MR) is 133 cm³/mol. The van der Waals surface area contributed by atoms with Crippen LogP contribution in [0.4, 0.5) is 5.82 Å². The summed E-state index contributed by atoms with van der Waals surface area (Å²) < 4.78 is 7.76. The number of carbonyl (C=O) groups is 2. The molecule has 0 aliphatic carbocycles. The van der Waals surface area contributed by atoms with Crippen LogP contribution in [0, 0.1) is 11.8 Å². The maximum atomic E-state index is 12.7. The van der Waals surface area contributed by atoms with Gasteiger partial charge in [-0.1, -0.05) is 51.5 Å². The molecule has 2 aromatic carbocycles. The van der Waals surface area contributed by atoms with Crippen LogP contribution in [0.1, 0.15) is 39.2 Å². The summed E-state index contributed by atoms with van der Waals surface area (Å²) in [5.41, 5.74) is 3.98. The molecule has 0 spiro atoms. The molecule has 0 bridgehead atoms. The van der Waals surface area contributed by atoms with Gasteiger partial charge in [-0.2, -0.15) is 0 Å². The number of nitrogens with zero attached hydrogens (tertiary/aromatic N) is 2. The SMILES string of the molecule is CCCc1cccc(-c2cc(NC(=O)[C@@H]3CNC(=O)C3)nn2-c2cccc(OCC(C)C)c2)c1. The Hall–Kier alpha value is -3.61. The first kappa shape index (κ1) is 23.5. The van der Waals surface area contributed by atoms with Gasteiger partial charge in [0.15, 0.2) is 5.82 Å². The molecule has 0 saturated carbocycles. The highest BCUT2D eigenvalue weighted by molar-refractivity contribution is 5.97. The fourth-order valence-electron chi connectivity index (χ4n) is 4.01. The lowest BCUT2D eigenvalue weighted by Gasteiger charge is -2.12. The van der Waals surface area contributed by atoms with E-state index in [2.05, 4.69) is 49.6 Å². The van der Waals surface area contributed by atoms with E-state index >= 15 is 0 Å². The van der Waals surface area contributed by atoms with E-state index in [9.17, 15) is 9.59 Å². The first-order chi connectivity index (χ1) is 16.4. The smallest absolute Gasteiger partial charge is 0.230 e. The quantitative estimate of drug-likeness (QED) is 0.489. The van der Waals surface area contributed by atoms with Crippen molar-refractivity contribution in [2.45, 2.75) is 40.0 Å². The summed E-state index contributed by atoms with van der Waals surface area (Å²) in [6.07, 6.45) is 2.26. The number of rotatable bonds is 9. The number of aromatic nitrogens is 2. The third-order valence-corrected chi connectivity index (χ3v) is 5.72. The molecule has 7 nitrogen and oxygen atoms in total. The van der Waals surface area contributed by atoms with Gasteiger partial charge in [0.1, 0.15) is 5.75 Å². The summed E-state index contributed by atoms with van der Waals surface area (Å²) in [6.45, 7) is 7.37. The van der Waals surface area contributed by atoms with Crippen molar-refractivity contribution >= 4 is 17.6 Å². The first-order valence-corrected chi connectivity index (χ1v) is 11.9. The predicted octanol–water partition coefficient (Wildman–Crippen LogP) is 4.60. The summed E-state index contributed by atoms with van der Waals surface area (Å²) in [5.74, 6) is 0.952. The molecule has 0 unspecified atom stereocenters. The summed E-state index contributed by atoms with van der Waals surface area (Å²) in [5, 5.41) is 10.3. The molecule has 1 aliphatic rings. The van der Waals surface area contributed by atoms with Crippen molar-refractivity contribution in [3.05, 3.63) is 60.2 Å². The molecule has 3 aromatic rings. The van der Waals surface area contributed by atoms with Gasteiger partial charge in [-0.3, -0.25) is 9.59 Å². The Labute approximate surface area is 200 Å². The standard InChI is InChI=1S/C27H32N4O3/c1-4-7-19-8-5-9-20(12-19)24-15-25(29-27(33)21-13-26(32)28-16-21)30-31(24)22-10-6-11-23(14-22)34-17-18(2)3/h5-6,8-12,14-15,18,21H,4,7,13,16-17H2,1-3H3,(H,28,32)(H,29,30,33)/t21-/m0/s1. The largest absolute Gasteiger partial charge is 0.493 e. The zero-order valence-corrected chi connectivity index (χ0v) is 20.0. The lowest BCUT2D eigenvalue weighted by molar-refractivity contribution is -0.123. The Morgan fingerprint density at radius 3 is 2.76 bits per heavy atom. The molecule has 7 heteroatoms. The molecule has 1 atom stereocenters. The zero-order chi connectivity index (χ0) is 24.1. The van der Waals surface area contributed by atoms with Gasteiger partial charge in [0.2, 0.25) is 11.8 Å². The number of carbonyl (C=O) groups excluding carboxylic acids is 2. The van der Waals surface area contributed by atoms with E-state index in [1.165, 1.54) is 5.56 Å². The summed E-state index contributed by atoms with van der Waals surface area (Å²) in [7, 11) is 0. The monoisotopic (exact) mass is 460 g/mol. The normalized spacial score (nSPS) is 15.4. The van der Waals surface area contributed by atoms with Gasteiger partial charge in [-0.15, -0.1) is 5.10 Å². The third kappa shape index (κ3) is 5.65. The Balaban J connectivity index is 1.69. The number of aryl methyl sites for hydroxylation is 1. The van der Waals surface area contributed by atoms with E-state index in [1.54, 1.807) is 0 Å². The molecule has 4 rings (SSSR count). The molecule has 1 fully saturated rings. The van der Waals surface area contributed by atoms with Crippen LogP contribution in [0.3, 0.4) is 0 Å². The number of nitrogens with one attached hydrogen (secondary N) is 2. The summed E-state index contributed by atoms with van der Waals surface area (Å²) >= 11 is 0. The molecule has 1 aliphatic heterocycles. The molecule has 178 valence electrons. The summed E-state index contributed by atoms with van der Waals surface area (Å²) in [6, 6.07) is 18.1. The minimum absolute atomic E-state index is 0.0997. The highest BCUT2D eigenvalue weighted by atomic mass is 16.5. The molecule has 2 amide bonds. The van der Waals surface area contributed by atoms with Crippen molar-refractivity contribution in [2.24, 2.45) is 11.8 Å². The van der Waals surface area contributed by atoms with Crippen molar-refractivity contribution in [3.63, 3.8) is 0 Å². The highest BCUT2D eigenvalue weighted by Crippen LogP contribution is 2.29. The second kappa shape index (κ2) is 10.5. The van der Waals surface area contributed by atoms with Crippen LogP contribution in [-0.2, 0) is 16.0 Å². The van der Waals surface area contributed by atoms with Crippen LogP contribution in [0.25, 0.3) is 16.9 Å². The molecule has 1 aromatic heterocycles. The van der Waals surface area contributed by atoms with Crippen molar-refractivity contribution in [1.82, 2.24) is 15.1 Å². The van der Waals surface area contributed by atoms with Gasteiger partial charge in [0, 0.05) is 30.7 Å². The second-order valence-electron chi connectivity index (χ2n) is 9.17. The lowest BCUT2D eigenvalue weighted by Crippen LogP contribution is -2.24. The number of anilines is 1. The van der Waals surface area contributed by atoms with Gasteiger partial charge in [0.25, 0.3) is 0 Å². The van der Waals surface area contributed by atoms with E-state index in [1.807, 2.05) is 41.1 Å². The summed E-state index contributed by atoms with van der Waals surface area (Å²) in [4.78, 5) is 24.3. The molecule has 1 saturated heterocycles. The highest BCUT2D eigenvalue weighted by Gasteiger charge is 2.28. The van der Waals surface area contributed by atoms with Gasteiger partial charge >= 0.3 is 0 Å². The average molecular weight is 461 g/mol. The third-order valence-electron chi connectivity index (χ3n) is 5.72. The number of hydrogen-bond donors (Lipinski definition) is 2.